The average Bonchev–Trinajstić information content (AvgIpc) is 3.68. The van der Waals surface area contributed by atoms with E-state index in [2.05, 4.69) is 20.7 Å². The lowest BCUT2D eigenvalue weighted by Crippen LogP contribution is -2.60. The number of fused-ring (bicyclic) bond motifs is 3. The molecule has 0 aromatic heterocycles. The third kappa shape index (κ3) is 8.75. The van der Waals surface area contributed by atoms with Crippen LogP contribution in [0.3, 0.4) is 0 Å². The van der Waals surface area contributed by atoms with E-state index in [9.17, 15) is 26.4 Å². The Hall–Kier alpha value is -3.34. The number of benzene rings is 3. The second-order valence-electron chi connectivity index (χ2n) is 13.0. The van der Waals surface area contributed by atoms with Gasteiger partial charge in [-0.1, -0.05) is 47.0 Å². The number of piperidine rings is 1. The number of carbonyl (C=O) groups excluding carboxylic acids is 1. The van der Waals surface area contributed by atoms with Gasteiger partial charge in [0.2, 0.25) is 15.9 Å². The number of carboxylic acid groups (broad SMARTS) is 1. The number of amides is 1. The number of nitrogens with one attached hydrogen (secondary N) is 1. The predicted octanol–water partition coefficient (Wildman–Crippen LogP) is 6.72. The van der Waals surface area contributed by atoms with Crippen LogP contribution in [0, 0.1) is 5.92 Å². The van der Waals surface area contributed by atoms with Gasteiger partial charge in [0.05, 0.1) is 11.5 Å². The molecular formula is C34H37BrF5N3O6S. The molecule has 1 aliphatic carbocycles. The molecular weight excluding hydrogens is 753 g/mol. The normalized spacial score (nSPS) is 21.8. The maximum Gasteiger partial charge on any atom is 0.490 e. The van der Waals surface area contributed by atoms with Crippen molar-refractivity contribution >= 4 is 48.6 Å². The molecule has 272 valence electrons. The number of ether oxygens (including phenoxy) is 1. The summed E-state index contributed by atoms with van der Waals surface area (Å²) in [6.45, 7) is 0.553. The van der Waals surface area contributed by atoms with Crippen LogP contribution in [0.2, 0.25) is 0 Å². The van der Waals surface area contributed by atoms with Crippen LogP contribution >= 0.6 is 15.9 Å². The van der Waals surface area contributed by atoms with Crippen molar-refractivity contribution in [3.8, 4) is 5.75 Å². The Morgan fingerprint density at radius 1 is 0.920 bits per heavy atom. The highest BCUT2D eigenvalue weighted by atomic mass is 79.9. The molecule has 3 aromatic carbocycles. The first-order chi connectivity index (χ1) is 23.5. The Labute approximate surface area is 294 Å². The van der Waals surface area contributed by atoms with Gasteiger partial charge in [-0.05, 0) is 97.7 Å². The van der Waals surface area contributed by atoms with Gasteiger partial charge in [0.15, 0.2) is 6.04 Å². The van der Waals surface area contributed by atoms with E-state index in [4.69, 9.17) is 20.4 Å². The first-order valence-electron chi connectivity index (χ1n) is 16.2. The van der Waals surface area contributed by atoms with Gasteiger partial charge >= 0.3 is 12.1 Å². The molecule has 6 rings (SSSR count). The fraction of sp³-hybridized carbons (Fsp3) is 0.471. The molecule has 1 amide bonds. The molecule has 50 heavy (non-hydrogen) atoms. The molecule has 1 saturated carbocycles. The summed E-state index contributed by atoms with van der Waals surface area (Å²) in [5.74, 6) is -6.55. The topological polar surface area (TPSA) is 139 Å². The summed E-state index contributed by atoms with van der Waals surface area (Å²) in [6, 6.07) is 12.0. The summed E-state index contributed by atoms with van der Waals surface area (Å²) in [5.41, 5.74) is 5.73. The highest BCUT2D eigenvalue weighted by Gasteiger charge is 2.53. The fourth-order valence-electron chi connectivity index (χ4n) is 6.93. The second kappa shape index (κ2) is 15.1. The van der Waals surface area contributed by atoms with Crippen molar-refractivity contribution in [3.63, 3.8) is 0 Å². The smallest absolute Gasteiger partial charge is 0.490 e. The number of alkyl halides is 5. The van der Waals surface area contributed by atoms with Crippen molar-refractivity contribution in [1.29, 1.82) is 0 Å². The number of nitrogens with zero attached hydrogens (tertiary/aromatic N) is 1. The number of nitrogens with two attached hydrogens (primary N) is 1. The van der Waals surface area contributed by atoms with Crippen LogP contribution in [0.25, 0.3) is 10.8 Å². The number of carbonyl (C=O) groups is 2. The van der Waals surface area contributed by atoms with E-state index in [-0.39, 0.29) is 23.0 Å². The Kier molecular flexibility index (Phi) is 11.4. The van der Waals surface area contributed by atoms with Crippen molar-refractivity contribution in [3.05, 3.63) is 70.7 Å². The van der Waals surface area contributed by atoms with E-state index < -0.39 is 45.6 Å². The molecule has 2 heterocycles. The van der Waals surface area contributed by atoms with Gasteiger partial charge in [-0.2, -0.15) is 26.7 Å². The van der Waals surface area contributed by atoms with E-state index in [1.165, 1.54) is 54.1 Å². The lowest BCUT2D eigenvalue weighted by atomic mass is 9.94. The third-order valence-corrected chi connectivity index (χ3v) is 11.4. The zero-order valence-electron chi connectivity index (χ0n) is 26.7. The van der Waals surface area contributed by atoms with Gasteiger partial charge in [0.1, 0.15) is 5.75 Å². The van der Waals surface area contributed by atoms with E-state index in [0.717, 1.165) is 22.7 Å². The second-order valence-corrected chi connectivity index (χ2v) is 15.6. The quantitative estimate of drug-likeness (QED) is 0.205. The maximum atomic E-state index is 16.5. The molecule has 0 spiro atoms. The Morgan fingerprint density at radius 3 is 2.06 bits per heavy atom. The van der Waals surface area contributed by atoms with Crippen molar-refractivity contribution in [2.75, 3.05) is 6.61 Å². The monoisotopic (exact) mass is 789 g/mol. The minimum absolute atomic E-state index is 0.119. The Morgan fingerprint density at radius 2 is 1.48 bits per heavy atom. The number of carboxylic acids is 1. The zero-order chi connectivity index (χ0) is 36.4. The summed E-state index contributed by atoms with van der Waals surface area (Å²) in [7, 11) is -4.52. The first-order valence-corrected chi connectivity index (χ1v) is 18.4. The molecule has 2 bridgehead atoms. The Balaban J connectivity index is 0.000000630. The number of halogens is 6. The summed E-state index contributed by atoms with van der Waals surface area (Å²) < 4.78 is 101. The molecule has 2 aliphatic heterocycles. The van der Waals surface area contributed by atoms with Crippen LogP contribution in [0.1, 0.15) is 56.9 Å². The molecule has 3 aromatic rings. The van der Waals surface area contributed by atoms with Crippen LogP contribution in [0.4, 0.5) is 22.0 Å². The van der Waals surface area contributed by atoms with E-state index in [0.29, 0.717) is 49.3 Å². The minimum Gasteiger partial charge on any atom is -0.493 e. The van der Waals surface area contributed by atoms with E-state index in [1.807, 2.05) is 0 Å². The average molecular weight is 791 g/mol. The van der Waals surface area contributed by atoms with Crippen molar-refractivity contribution in [1.82, 2.24) is 9.62 Å². The maximum absolute atomic E-state index is 16.5. The molecule has 4 N–H and O–H groups in total. The largest absolute Gasteiger partial charge is 0.493 e. The highest BCUT2D eigenvalue weighted by molar-refractivity contribution is 9.10. The van der Waals surface area contributed by atoms with Gasteiger partial charge in [0, 0.05) is 28.2 Å². The van der Waals surface area contributed by atoms with Crippen LogP contribution < -0.4 is 15.2 Å². The summed E-state index contributed by atoms with van der Waals surface area (Å²) >= 11 is 3.39. The van der Waals surface area contributed by atoms with Gasteiger partial charge < -0.3 is 20.5 Å². The standard InChI is InChI=1S/C32H36BrF2N3O4S.C2HF3O2/c33-24-8-6-21-15-23(7-5-22(21)16-24)32(34,35)30(31(39)38-26-9-10-27(38)18-25(36)17-26)37-43(40,41)29-13-11-28(12-14-29)42-19-20-3-1-2-4-20;3-2(4,5)1(6)7/h5-8,11-16,20,25-27,30,37H,1-4,9-10,17-19,36H2;(H,6,7)/t25?,26?,27?,30-;/m0./s1. The number of rotatable bonds is 9. The summed E-state index contributed by atoms with van der Waals surface area (Å²) in [4.78, 5) is 24.2. The van der Waals surface area contributed by atoms with Gasteiger partial charge in [0.25, 0.3) is 5.92 Å². The number of sulfonamides is 1. The molecule has 2 unspecified atom stereocenters. The number of hydrogen-bond acceptors (Lipinski definition) is 6. The van der Waals surface area contributed by atoms with E-state index in [1.54, 1.807) is 24.3 Å². The lowest BCUT2D eigenvalue weighted by molar-refractivity contribution is -0.192. The SMILES string of the molecule is NC1CC2CCC(C1)N2C(=O)[C@H](NS(=O)(=O)c1ccc(OCC2CCCC2)cc1)C(F)(F)c1ccc2cc(Br)ccc2c1.O=C(O)C(F)(F)F. The summed E-state index contributed by atoms with van der Waals surface area (Å²) in [6.07, 6.45) is 1.82. The van der Waals surface area contributed by atoms with Gasteiger partial charge in [-0.25, -0.2) is 13.2 Å². The van der Waals surface area contributed by atoms with Gasteiger partial charge in [-0.15, -0.1) is 0 Å². The minimum atomic E-state index is -5.08. The van der Waals surface area contributed by atoms with Crippen LogP contribution in [0.5, 0.6) is 5.75 Å². The van der Waals surface area contributed by atoms with Crippen molar-refractivity contribution in [2.45, 2.75) is 92.5 Å². The zero-order valence-corrected chi connectivity index (χ0v) is 29.1. The number of hydrogen-bond donors (Lipinski definition) is 3. The third-order valence-electron chi connectivity index (χ3n) is 9.43. The van der Waals surface area contributed by atoms with Crippen LogP contribution in [0.15, 0.2) is 70.0 Å². The Bertz CT molecular complexity index is 1790. The van der Waals surface area contributed by atoms with E-state index >= 15 is 8.78 Å². The van der Waals surface area contributed by atoms with Crippen molar-refractivity contribution < 1.29 is 49.8 Å². The summed E-state index contributed by atoms with van der Waals surface area (Å²) in [5, 5.41) is 8.40. The molecule has 3 atom stereocenters. The molecule has 3 aliphatic rings. The highest BCUT2D eigenvalue weighted by Crippen LogP contribution is 2.40. The predicted molar refractivity (Wildman–Crippen MR) is 178 cm³/mol. The van der Waals surface area contributed by atoms with Crippen LogP contribution in [-0.4, -0.2) is 67.3 Å². The number of aliphatic carboxylic acids is 1. The molecule has 3 fully saturated rings. The van der Waals surface area contributed by atoms with Crippen molar-refractivity contribution in [2.24, 2.45) is 11.7 Å². The molecule has 9 nitrogen and oxygen atoms in total. The first kappa shape index (κ1) is 37.9. The molecule has 2 saturated heterocycles. The lowest BCUT2D eigenvalue weighted by Gasteiger charge is -2.41. The fourth-order valence-corrected chi connectivity index (χ4v) is 8.50. The van der Waals surface area contributed by atoms with Gasteiger partial charge in [-0.3, -0.25) is 4.79 Å². The van der Waals surface area contributed by atoms with Crippen LogP contribution in [-0.2, 0) is 25.5 Å². The molecule has 0 radical (unpaired) electrons. The molecule has 16 heteroatoms.